The number of rotatable bonds is 15. The van der Waals surface area contributed by atoms with Crippen LogP contribution in [0.3, 0.4) is 0 Å². The molecule has 0 aliphatic rings. The molecule has 0 heterocycles. The van der Waals surface area contributed by atoms with Gasteiger partial charge in [0, 0.05) is 6.42 Å². The molecule has 4 unspecified atom stereocenters. The van der Waals surface area contributed by atoms with Gasteiger partial charge in [0.15, 0.2) is 0 Å². The Morgan fingerprint density at radius 3 is 1.77 bits per heavy atom. The topological polar surface area (TPSA) is 194 Å². The summed E-state index contributed by atoms with van der Waals surface area (Å²) in [5.74, 6) is -3.22. The van der Waals surface area contributed by atoms with Crippen LogP contribution in [0.25, 0.3) is 0 Å². The molecule has 11 nitrogen and oxygen atoms in total. The van der Waals surface area contributed by atoms with Gasteiger partial charge in [0.2, 0.25) is 23.6 Å². The standard InChI is InChI=1S/C19H35N5O6S/c1-10(2)9-14(19(29)30)24-17(27)12(5-6-15(21)25)23-18(28)13(7-8-31-4)22-16(26)11(3)20/h10-14H,5-9,20H2,1-4H3,(H2,21,25)(H,22,26)(H,23,28)(H,24,27)(H,29,30). The number of hydrogen-bond acceptors (Lipinski definition) is 7. The first kappa shape index (κ1) is 28.7. The van der Waals surface area contributed by atoms with Crippen LogP contribution in [0.2, 0.25) is 0 Å². The molecule has 4 atom stereocenters. The molecule has 0 bridgehead atoms. The fraction of sp³-hybridized carbons (Fsp3) is 0.737. The molecule has 0 saturated carbocycles. The van der Waals surface area contributed by atoms with Crippen LogP contribution in [0.4, 0.5) is 0 Å². The SMILES string of the molecule is CSCCC(NC(=O)C(C)N)C(=O)NC(CCC(N)=O)C(=O)NC(CC(C)C)C(=O)O. The molecule has 4 amide bonds. The molecule has 0 radical (unpaired) electrons. The van der Waals surface area contributed by atoms with E-state index in [1.54, 1.807) is 0 Å². The molecular formula is C19H35N5O6S. The fourth-order valence-corrected chi connectivity index (χ4v) is 3.07. The summed E-state index contributed by atoms with van der Waals surface area (Å²) in [5.41, 5.74) is 10.7. The molecule has 0 aliphatic carbocycles. The Kier molecular flexibility index (Phi) is 13.5. The molecule has 8 N–H and O–H groups in total. The number of carbonyl (C=O) groups excluding carboxylic acids is 4. The van der Waals surface area contributed by atoms with Gasteiger partial charge in [-0.15, -0.1) is 0 Å². The number of aliphatic carboxylic acids is 1. The van der Waals surface area contributed by atoms with Gasteiger partial charge in [-0.3, -0.25) is 19.2 Å². The molecule has 178 valence electrons. The number of nitrogens with one attached hydrogen (secondary N) is 3. The van der Waals surface area contributed by atoms with E-state index in [9.17, 15) is 29.1 Å². The van der Waals surface area contributed by atoms with E-state index >= 15 is 0 Å². The number of amides is 4. The van der Waals surface area contributed by atoms with E-state index in [1.807, 2.05) is 20.1 Å². The number of carboxylic acid groups (broad SMARTS) is 1. The highest BCUT2D eigenvalue weighted by atomic mass is 32.2. The predicted molar refractivity (Wildman–Crippen MR) is 118 cm³/mol. The predicted octanol–water partition coefficient (Wildman–Crippen LogP) is -1.06. The Hall–Kier alpha value is -2.34. The Balaban J connectivity index is 5.44. The average molecular weight is 462 g/mol. The number of nitrogens with two attached hydrogens (primary N) is 2. The number of carbonyl (C=O) groups is 5. The Morgan fingerprint density at radius 1 is 0.871 bits per heavy atom. The van der Waals surface area contributed by atoms with E-state index in [1.165, 1.54) is 18.7 Å². The van der Waals surface area contributed by atoms with E-state index < -0.39 is 53.8 Å². The molecular weight excluding hydrogens is 426 g/mol. The fourth-order valence-electron chi connectivity index (χ4n) is 2.60. The first-order valence-corrected chi connectivity index (χ1v) is 11.4. The minimum atomic E-state index is -1.20. The van der Waals surface area contributed by atoms with Crippen molar-refractivity contribution in [3.05, 3.63) is 0 Å². The summed E-state index contributed by atoms with van der Waals surface area (Å²) in [6, 6.07) is -4.12. The Labute approximate surface area is 186 Å². The second-order valence-electron chi connectivity index (χ2n) is 7.73. The first-order valence-electron chi connectivity index (χ1n) is 10.1. The molecule has 0 saturated heterocycles. The molecule has 0 rings (SSSR count). The summed E-state index contributed by atoms with van der Waals surface area (Å²) in [7, 11) is 0. The van der Waals surface area contributed by atoms with Gasteiger partial charge in [-0.2, -0.15) is 11.8 Å². The van der Waals surface area contributed by atoms with Crippen molar-refractivity contribution in [1.82, 2.24) is 16.0 Å². The van der Waals surface area contributed by atoms with E-state index in [0.717, 1.165) is 0 Å². The van der Waals surface area contributed by atoms with Gasteiger partial charge in [-0.05, 0) is 44.1 Å². The van der Waals surface area contributed by atoms with E-state index in [-0.39, 0.29) is 25.2 Å². The molecule has 0 aromatic carbocycles. The maximum Gasteiger partial charge on any atom is 0.326 e. The summed E-state index contributed by atoms with van der Waals surface area (Å²) >= 11 is 1.47. The number of hydrogen-bond donors (Lipinski definition) is 6. The van der Waals surface area contributed by atoms with E-state index in [0.29, 0.717) is 12.2 Å². The second kappa shape index (κ2) is 14.6. The van der Waals surface area contributed by atoms with Crippen molar-refractivity contribution in [3.8, 4) is 0 Å². The largest absolute Gasteiger partial charge is 0.480 e. The van der Waals surface area contributed by atoms with Gasteiger partial charge in [0.1, 0.15) is 18.1 Å². The minimum absolute atomic E-state index is 0.00412. The highest BCUT2D eigenvalue weighted by molar-refractivity contribution is 7.98. The lowest BCUT2D eigenvalue weighted by Gasteiger charge is -2.25. The van der Waals surface area contributed by atoms with E-state index in [4.69, 9.17) is 11.5 Å². The van der Waals surface area contributed by atoms with Gasteiger partial charge in [-0.1, -0.05) is 13.8 Å². The average Bonchev–Trinajstić information content (AvgIpc) is 2.66. The van der Waals surface area contributed by atoms with Crippen LogP contribution in [0.1, 0.15) is 46.5 Å². The maximum atomic E-state index is 12.8. The lowest BCUT2D eigenvalue weighted by Crippen LogP contribution is -2.57. The zero-order valence-corrected chi connectivity index (χ0v) is 19.3. The highest BCUT2D eigenvalue weighted by Gasteiger charge is 2.30. The smallest absolute Gasteiger partial charge is 0.326 e. The molecule has 0 fully saturated rings. The number of carboxylic acids is 1. The summed E-state index contributed by atoms with van der Waals surface area (Å²) in [5, 5.41) is 16.8. The van der Waals surface area contributed by atoms with Gasteiger partial charge in [0.25, 0.3) is 0 Å². The van der Waals surface area contributed by atoms with Crippen LogP contribution < -0.4 is 27.4 Å². The van der Waals surface area contributed by atoms with Gasteiger partial charge in [0.05, 0.1) is 6.04 Å². The monoisotopic (exact) mass is 461 g/mol. The quantitative estimate of drug-likeness (QED) is 0.177. The van der Waals surface area contributed by atoms with Crippen molar-refractivity contribution >= 4 is 41.4 Å². The van der Waals surface area contributed by atoms with Crippen LogP contribution in [0.15, 0.2) is 0 Å². The molecule has 31 heavy (non-hydrogen) atoms. The number of thioether (sulfide) groups is 1. The number of primary amides is 1. The normalized spacial score (nSPS) is 14.8. The molecule has 0 spiro atoms. The zero-order chi connectivity index (χ0) is 24.1. The lowest BCUT2D eigenvalue weighted by molar-refractivity contribution is -0.143. The van der Waals surface area contributed by atoms with Gasteiger partial charge in [-0.25, -0.2) is 4.79 Å². The van der Waals surface area contributed by atoms with Crippen molar-refractivity contribution in [1.29, 1.82) is 0 Å². The molecule has 0 aromatic rings. The van der Waals surface area contributed by atoms with Crippen molar-refractivity contribution in [2.45, 2.75) is 70.6 Å². The first-order chi connectivity index (χ1) is 14.4. The van der Waals surface area contributed by atoms with Crippen molar-refractivity contribution < 1.29 is 29.1 Å². The van der Waals surface area contributed by atoms with Crippen LogP contribution >= 0.6 is 11.8 Å². The van der Waals surface area contributed by atoms with Crippen LogP contribution in [-0.2, 0) is 24.0 Å². The Bertz CT molecular complexity index is 643. The maximum absolute atomic E-state index is 12.8. The summed E-state index contributed by atoms with van der Waals surface area (Å²) in [6.07, 6.45) is 2.02. The van der Waals surface area contributed by atoms with Crippen molar-refractivity contribution in [2.75, 3.05) is 12.0 Å². The zero-order valence-electron chi connectivity index (χ0n) is 18.5. The third-order valence-electron chi connectivity index (χ3n) is 4.29. The third kappa shape index (κ3) is 12.2. The minimum Gasteiger partial charge on any atom is -0.480 e. The summed E-state index contributed by atoms with van der Waals surface area (Å²) in [6.45, 7) is 5.10. The van der Waals surface area contributed by atoms with Crippen LogP contribution in [0.5, 0.6) is 0 Å². The van der Waals surface area contributed by atoms with Gasteiger partial charge < -0.3 is 32.5 Å². The molecule has 0 aromatic heterocycles. The van der Waals surface area contributed by atoms with Gasteiger partial charge >= 0.3 is 5.97 Å². The van der Waals surface area contributed by atoms with Crippen LogP contribution in [-0.4, -0.2) is 70.9 Å². The summed E-state index contributed by atoms with van der Waals surface area (Å²) < 4.78 is 0. The van der Waals surface area contributed by atoms with Crippen molar-refractivity contribution in [3.63, 3.8) is 0 Å². The van der Waals surface area contributed by atoms with Crippen LogP contribution in [0, 0.1) is 5.92 Å². The van der Waals surface area contributed by atoms with E-state index in [2.05, 4.69) is 16.0 Å². The highest BCUT2D eigenvalue weighted by Crippen LogP contribution is 2.08. The summed E-state index contributed by atoms with van der Waals surface area (Å²) in [4.78, 5) is 60.1. The molecule has 0 aliphatic heterocycles. The third-order valence-corrected chi connectivity index (χ3v) is 4.94. The second-order valence-corrected chi connectivity index (χ2v) is 8.71. The van der Waals surface area contributed by atoms with Crippen molar-refractivity contribution in [2.24, 2.45) is 17.4 Å². The molecule has 12 heteroatoms. The lowest BCUT2D eigenvalue weighted by atomic mass is 10.0. The Morgan fingerprint density at radius 2 is 1.35 bits per heavy atom.